The van der Waals surface area contributed by atoms with Gasteiger partial charge in [-0.2, -0.15) is 0 Å². The average molecular weight is 441 g/mol. The van der Waals surface area contributed by atoms with Crippen LogP contribution in [-0.2, 0) is 14.8 Å². The Labute approximate surface area is 182 Å². The molecule has 0 aliphatic carbocycles. The topological polar surface area (TPSA) is 93.7 Å². The lowest BCUT2D eigenvalue weighted by Crippen LogP contribution is -2.35. The summed E-state index contributed by atoms with van der Waals surface area (Å²) < 4.78 is 37.9. The number of hydrogen-bond acceptors (Lipinski definition) is 5. The molecule has 162 valence electrons. The summed E-state index contributed by atoms with van der Waals surface area (Å²) in [7, 11) is -2.16. The molecule has 3 rings (SSSR count). The number of sulfonamides is 1. The molecular weight excluding hydrogens is 416 g/mol. The van der Waals surface area contributed by atoms with E-state index in [-0.39, 0.29) is 23.5 Å². The van der Waals surface area contributed by atoms with Crippen LogP contribution in [0.3, 0.4) is 0 Å². The molecule has 0 aliphatic heterocycles. The van der Waals surface area contributed by atoms with Gasteiger partial charge in [0.15, 0.2) is 0 Å². The zero-order valence-electron chi connectivity index (χ0n) is 17.2. The lowest BCUT2D eigenvalue weighted by molar-refractivity contribution is 0.102. The first-order valence-electron chi connectivity index (χ1n) is 9.63. The van der Waals surface area contributed by atoms with E-state index in [4.69, 9.17) is 9.47 Å². The number of nitrogens with one attached hydrogen (secondary N) is 2. The molecule has 31 heavy (non-hydrogen) atoms. The largest absolute Gasteiger partial charge is 0.457 e. The molecule has 2 N–H and O–H groups in total. The number of carbonyl (C=O) groups is 1. The van der Waals surface area contributed by atoms with E-state index in [1.54, 1.807) is 43.3 Å². The van der Waals surface area contributed by atoms with Gasteiger partial charge in [0.05, 0.1) is 11.5 Å². The van der Waals surface area contributed by atoms with E-state index in [0.717, 1.165) is 0 Å². The van der Waals surface area contributed by atoms with Crippen molar-refractivity contribution in [3.05, 3.63) is 84.4 Å². The van der Waals surface area contributed by atoms with Gasteiger partial charge in [-0.1, -0.05) is 18.2 Å². The number of benzene rings is 3. The Bertz CT molecular complexity index is 1100. The monoisotopic (exact) mass is 440 g/mol. The van der Waals surface area contributed by atoms with Gasteiger partial charge < -0.3 is 14.8 Å². The Kier molecular flexibility index (Phi) is 7.41. The predicted octanol–water partition coefficient (Wildman–Crippen LogP) is 4.04. The van der Waals surface area contributed by atoms with Gasteiger partial charge in [-0.05, 0) is 67.6 Å². The van der Waals surface area contributed by atoms with Crippen LogP contribution >= 0.6 is 0 Å². The first-order chi connectivity index (χ1) is 14.9. The zero-order valence-corrected chi connectivity index (χ0v) is 18.1. The maximum atomic E-state index is 12.5. The second-order valence-corrected chi connectivity index (χ2v) is 8.61. The molecule has 0 heterocycles. The molecule has 7 nitrogen and oxygen atoms in total. The van der Waals surface area contributed by atoms with Gasteiger partial charge in [0.2, 0.25) is 10.0 Å². The first kappa shape index (κ1) is 22.5. The number of anilines is 1. The lowest BCUT2D eigenvalue weighted by Gasteiger charge is -2.13. The van der Waals surface area contributed by atoms with E-state index in [1.165, 1.54) is 19.2 Å². The van der Waals surface area contributed by atoms with Crippen LogP contribution in [0.4, 0.5) is 5.69 Å². The van der Waals surface area contributed by atoms with Gasteiger partial charge in [-0.25, -0.2) is 13.1 Å². The second kappa shape index (κ2) is 10.2. The van der Waals surface area contributed by atoms with E-state index in [2.05, 4.69) is 10.0 Å². The van der Waals surface area contributed by atoms with Gasteiger partial charge in [0.25, 0.3) is 5.91 Å². The number of carbonyl (C=O) groups excluding carboxylic acids is 1. The van der Waals surface area contributed by atoms with Crippen molar-refractivity contribution in [1.29, 1.82) is 0 Å². The summed E-state index contributed by atoms with van der Waals surface area (Å²) in [5.74, 6) is 1.02. The minimum Gasteiger partial charge on any atom is -0.457 e. The van der Waals surface area contributed by atoms with Crippen LogP contribution < -0.4 is 14.8 Å². The molecule has 0 aliphatic rings. The van der Waals surface area contributed by atoms with E-state index in [9.17, 15) is 13.2 Å². The van der Waals surface area contributed by atoms with Crippen LogP contribution in [0.5, 0.6) is 11.5 Å². The number of ether oxygens (including phenoxy) is 2. The Morgan fingerprint density at radius 3 is 2.13 bits per heavy atom. The van der Waals surface area contributed by atoms with E-state index < -0.39 is 10.0 Å². The second-order valence-electron chi connectivity index (χ2n) is 6.90. The van der Waals surface area contributed by atoms with Crippen molar-refractivity contribution < 1.29 is 22.7 Å². The van der Waals surface area contributed by atoms with Gasteiger partial charge in [-0.15, -0.1) is 0 Å². The van der Waals surface area contributed by atoms with Crippen molar-refractivity contribution >= 4 is 21.6 Å². The Hall–Kier alpha value is -3.20. The highest BCUT2D eigenvalue weighted by atomic mass is 32.2. The highest BCUT2D eigenvalue weighted by Gasteiger charge is 2.17. The quantitative estimate of drug-likeness (QED) is 0.524. The summed E-state index contributed by atoms with van der Waals surface area (Å²) in [4.78, 5) is 12.6. The number of hydrogen-bond donors (Lipinski definition) is 2. The van der Waals surface area contributed by atoms with Crippen molar-refractivity contribution in [2.45, 2.75) is 17.9 Å². The Morgan fingerprint density at radius 1 is 0.903 bits per heavy atom. The Balaban J connectivity index is 1.61. The number of para-hydroxylation sites is 1. The van der Waals surface area contributed by atoms with Crippen LogP contribution in [0.15, 0.2) is 83.8 Å². The van der Waals surface area contributed by atoms with Crippen molar-refractivity contribution in [3.63, 3.8) is 0 Å². The molecule has 1 atom stereocenters. The molecule has 1 unspecified atom stereocenters. The average Bonchev–Trinajstić information content (AvgIpc) is 2.75. The standard InChI is InChI=1S/C23H24N2O5S/c1-17(16-29-2)25-31(27,28)22-14-10-19(11-15-22)24-23(26)18-8-12-21(13-9-18)30-20-6-4-3-5-7-20/h3-15,17,25H,16H2,1-2H3,(H,24,26). The molecular formula is C23H24N2O5S. The number of rotatable bonds is 9. The molecule has 0 saturated heterocycles. The summed E-state index contributed by atoms with van der Waals surface area (Å²) >= 11 is 0. The molecule has 0 fully saturated rings. The van der Waals surface area contributed by atoms with E-state index in [1.807, 2.05) is 30.3 Å². The molecule has 8 heteroatoms. The van der Waals surface area contributed by atoms with Gasteiger partial charge in [-0.3, -0.25) is 4.79 Å². The normalized spacial score (nSPS) is 12.2. The predicted molar refractivity (Wildman–Crippen MR) is 119 cm³/mol. The number of amides is 1. The van der Waals surface area contributed by atoms with Crippen LogP contribution in [0.1, 0.15) is 17.3 Å². The molecule has 3 aromatic carbocycles. The fourth-order valence-electron chi connectivity index (χ4n) is 2.84. The molecule has 0 saturated carbocycles. The fraction of sp³-hybridized carbons (Fsp3) is 0.174. The maximum absolute atomic E-state index is 12.5. The van der Waals surface area contributed by atoms with Crippen molar-refractivity contribution in [2.24, 2.45) is 0 Å². The van der Waals surface area contributed by atoms with Crippen LogP contribution in [-0.4, -0.2) is 34.1 Å². The van der Waals surface area contributed by atoms with Gasteiger partial charge in [0.1, 0.15) is 11.5 Å². The fourth-order valence-corrected chi connectivity index (χ4v) is 4.06. The molecule has 0 spiro atoms. The zero-order chi connectivity index (χ0) is 22.3. The minimum atomic E-state index is -3.67. The lowest BCUT2D eigenvalue weighted by atomic mass is 10.2. The van der Waals surface area contributed by atoms with Crippen molar-refractivity contribution in [3.8, 4) is 11.5 Å². The molecule has 0 radical (unpaired) electrons. The highest BCUT2D eigenvalue weighted by Crippen LogP contribution is 2.22. The van der Waals surface area contributed by atoms with Crippen molar-refractivity contribution in [1.82, 2.24) is 4.72 Å². The first-order valence-corrected chi connectivity index (χ1v) is 11.1. The third-order valence-electron chi connectivity index (χ3n) is 4.29. The SMILES string of the molecule is COCC(C)NS(=O)(=O)c1ccc(NC(=O)c2ccc(Oc3ccccc3)cc2)cc1. The summed E-state index contributed by atoms with van der Waals surface area (Å²) in [6, 6.07) is 21.7. The smallest absolute Gasteiger partial charge is 0.255 e. The van der Waals surface area contributed by atoms with Crippen LogP contribution in [0, 0.1) is 0 Å². The maximum Gasteiger partial charge on any atom is 0.255 e. The van der Waals surface area contributed by atoms with Crippen molar-refractivity contribution in [2.75, 3.05) is 19.0 Å². The van der Waals surface area contributed by atoms with Gasteiger partial charge >= 0.3 is 0 Å². The summed E-state index contributed by atoms with van der Waals surface area (Å²) in [5, 5.41) is 2.75. The number of methoxy groups -OCH3 is 1. The third-order valence-corrected chi connectivity index (χ3v) is 5.90. The van der Waals surface area contributed by atoms with Crippen LogP contribution in [0.25, 0.3) is 0 Å². The van der Waals surface area contributed by atoms with Crippen LogP contribution in [0.2, 0.25) is 0 Å². The molecule has 0 aromatic heterocycles. The summed E-state index contributed by atoms with van der Waals surface area (Å²) in [6.45, 7) is 1.98. The van der Waals surface area contributed by atoms with E-state index >= 15 is 0 Å². The summed E-state index contributed by atoms with van der Waals surface area (Å²) in [5.41, 5.74) is 0.936. The Morgan fingerprint density at radius 2 is 1.52 bits per heavy atom. The van der Waals surface area contributed by atoms with E-state index in [0.29, 0.717) is 22.7 Å². The summed E-state index contributed by atoms with van der Waals surface area (Å²) in [6.07, 6.45) is 0. The highest BCUT2D eigenvalue weighted by molar-refractivity contribution is 7.89. The molecule has 1 amide bonds. The van der Waals surface area contributed by atoms with Gasteiger partial charge in [0, 0.05) is 24.4 Å². The minimum absolute atomic E-state index is 0.107. The third kappa shape index (κ3) is 6.39. The molecule has 3 aromatic rings. The molecule has 0 bridgehead atoms.